The summed E-state index contributed by atoms with van der Waals surface area (Å²) in [5, 5.41) is 15.4. The third-order valence-corrected chi connectivity index (χ3v) is 4.36. The van der Waals surface area contributed by atoms with Gasteiger partial charge >= 0.3 is 5.97 Å². The van der Waals surface area contributed by atoms with Gasteiger partial charge in [-0.15, -0.1) is 0 Å². The Hall–Kier alpha value is -1.10. The van der Waals surface area contributed by atoms with Gasteiger partial charge in [0.05, 0.1) is 17.9 Å². The summed E-state index contributed by atoms with van der Waals surface area (Å²) in [6, 6.07) is 0. The van der Waals surface area contributed by atoms with Crippen molar-refractivity contribution < 1.29 is 14.7 Å². The lowest BCUT2D eigenvalue weighted by molar-refractivity contribution is -0.140. The number of aliphatic carboxylic acids is 1. The molecule has 2 aliphatic rings. The maximum Gasteiger partial charge on any atom is 0.305 e. The number of hydrogen-bond acceptors (Lipinski definition) is 3. The van der Waals surface area contributed by atoms with Gasteiger partial charge in [0.1, 0.15) is 0 Å². The molecule has 19 heavy (non-hydrogen) atoms. The Morgan fingerprint density at radius 3 is 2.53 bits per heavy atom. The highest BCUT2D eigenvalue weighted by atomic mass is 16.4. The molecule has 1 heterocycles. The monoisotopic (exact) mass is 268 g/mol. The van der Waals surface area contributed by atoms with Crippen LogP contribution in [0.4, 0.5) is 0 Å². The van der Waals surface area contributed by atoms with E-state index in [1.54, 1.807) is 0 Å². The zero-order valence-electron chi connectivity index (χ0n) is 11.4. The van der Waals surface area contributed by atoms with Crippen molar-refractivity contribution in [2.75, 3.05) is 13.1 Å². The van der Waals surface area contributed by atoms with Crippen LogP contribution in [-0.4, -0.2) is 35.6 Å². The Labute approximate surface area is 114 Å². The second-order valence-corrected chi connectivity index (χ2v) is 5.94. The third-order valence-electron chi connectivity index (χ3n) is 4.36. The average molecular weight is 268 g/mol. The number of carbonyl (C=O) groups excluding carboxylic acids is 1. The highest BCUT2D eigenvalue weighted by molar-refractivity contribution is 5.81. The van der Waals surface area contributed by atoms with Crippen LogP contribution in [0.1, 0.15) is 51.4 Å². The standard InChI is InChI=1S/C14H24N2O3/c17-12(18)9-14(6-2-1-3-7-14)16-13(19)11-5-4-8-15-10-11/h11,15H,1-10H2,(H,16,19)(H,17,18)/t11-/m1/s1. The van der Waals surface area contributed by atoms with Crippen molar-refractivity contribution in [3.63, 3.8) is 0 Å². The van der Waals surface area contributed by atoms with Crippen molar-refractivity contribution in [3.8, 4) is 0 Å². The van der Waals surface area contributed by atoms with E-state index in [0.717, 1.165) is 58.0 Å². The van der Waals surface area contributed by atoms with Gasteiger partial charge in [0.2, 0.25) is 5.91 Å². The fraction of sp³-hybridized carbons (Fsp3) is 0.857. The second kappa shape index (κ2) is 6.37. The molecule has 0 aromatic heterocycles. The topological polar surface area (TPSA) is 78.4 Å². The lowest BCUT2D eigenvalue weighted by atomic mass is 9.78. The highest BCUT2D eigenvalue weighted by Crippen LogP contribution is 2.31. The molecule has 2 fully saturated rings. The van der Waals surface area contributed by atoms with E-state index < -0.39 is 11.5 Å². The molecule has 0 spiro atoms. The van der Waals surface area contributed by atoms with Crippen LogP contribution in [0.5, 0.6) is 0 Å². The Kier molecular flexibility index (Phi) is 4.80. The van der Waals surface area contributed by atoms with E-state index in [2.05, 4.69) is 10.6 Å². The summed E-state index contributed by atoms with van der Waals surface area (Å²) >= 11 is 0. The van der Waals surface area contributed by atoms with Crippen LogP contribution >= 0.6 is 0 Å². The van der Waals surface area contributed by atoms with Crippen molar-refractivity contribution in [1.29, 1.82) is 0 Å². The van der Waals surface area contributed by atoms with Crippen LogP contribution in [0.3, 0.4) is 0 Å². The summed E-state index contributed by atoms with van der Waals surface area (Å²) in [6.45, 7) is 1.69. The summed E-state index contributed by atoms with van der Waals surface area (Å²) in [6.07, 6.45) is 6.73. The number of nitrogens with one attached hydrogen (secondary N) is 2. The fourth-order valence-electron chi connectivity index (χ4n) is 3.30. The number of hydrogen-bond donors (Lipinski definition) is 3. The fourth-order valence-corrected chi connectivity index (χ4v) is 3.30. The van der Waals surface area contributed by atoms with Gasteiger partial charge in [-0.1, -0.05) is 19.3 Å². The minimum absolute atomic E-state index is 0.00125. The Morgan fingerprint density at radius 1 is 1.21 bits per heavy atom. The SMILES string of the molecule is O=C(O)CC1(NC(=O)[C@@H]2CCCNC2)CCCCC1. The normalized spacial score (nSPS) is 26.6. The molecule has 2 rings (SSSR count). The Morgan fingerprint density at radius 2 is 1.95 bits per heavy atom. The molecule has 0 aromatic carbocycles. The molecule has 5 heteroatoms. The lowest BCUT2D eigenvalue weighted by Crippen LogP contribution is -2.54. The molecule has 0 bridgehead atoms. The van der Waals surface area contributed by atoms with Gasteiger partial charge in [0.15, 0.2) is 0 Å². The summed E-state index contributed by atoms with van der Waals surface area (Å²) < 4.78 is 0. The van der Waals surface area contributed by atoms with Crippen LogP contribution in [0, 0.1) is 5.92 Å². The van der Waals surface area contributed by atoms with Gasteiger partial charge in [-0.25, -0.2) is 0 Å². The molecule has 0 aromatic rings. The van der Waals surface area contributed by atoms with Crippen LogP contribution in [0.15, 0.2) is 0 Å². The molecule has 108 valence electrons. The number of carboxylic acids is 1. The quantitative estimate of drug-likeness (QED) is 0.717. The molecule has 0 unspecified atom stereocenters. The third kappa shape index (κ3) is 3.93. The van der Waals surface area contributed by atoms with Crippen molar-refractivity contribution in [2.45, 2.75) is 56.9 Å². The van der Waals surface area contributed by atoms with E-state index in [9.17, 15) is 9.59 Å². The largest absolute Gasteiger partial charge is 0.481 e. The van der Waals surface area contributed by atoms with Crippen molar-refractivity contribution >= 4 is 11.9 Å². The maximum absolute atomic E-state index is 12.3. The lowest BCUT2D eigenvalue weighted by Gasteiger charge is -2.38. The van der Waals surface area contributed by atoms with E-state index in [1.807, 2.05) is 0 Å². The number of piperidine rings is 1. The van der Waals surface area contributed by atoms with E-state index in [0.29, 0.717) is 0 Å². The smallest absolute Gasteiger partial charge is 0.305 e. The van der Waals surface area contributed by atoms with Crippen molar-refractivity contribution in [1.82, 2.24) is 10.6 Å². The first kappa shape index (κ1) is 14.3. The first-order valence-corrected chi connectivity index (χ1v) is 7.36. The predicted molar refractivity (Wildman–Crippen MR) is 71.8 cm³/mol. The van der Waals surface area contributed by atoms with Gasteiger partial charge in [0.25, 0.3) is 0 Å². The van der Waals surface area contributed by atoms with Gasteiger partial charge in [-0.2, -0.15) is 0 Å². The molecule has 0 radical (unpaired) electrons. The van der Waals surface area contributed by atoms with Crippen LogP contribution < -0.4 is 10.6 Å². The van der Waals surface area contributed by atoms with E-state index >= 15 is 0 Å². The van der Waals surface area contributed by atoms with Gasteiger partial charge in [0, 0.05) is 6.54 Å². The number of rotatable bonds is 4. The number of carboxylic acid groups (broad SMARTS) is 1. The highest BCUT2D eigenvalue weighted by Gasteiger charge is 2.37. The van der Waals surface area contributed by atoms with Crippen molar-refractivity contribution in [3.05, 3.63) is 0 Å². The molecule has 1 saturated carbocycles. The van der Waals surface area contributed by atoms with E-state index in [1.165, 1.54) is 0 Å². The first-order chi connectivity index (χ1) is 9.11. The molecule has 1 amide bonds. The van der Waals surface area contributed by atoms with E-state index in [4.69, 9.17) is 5.11 Å². The first-order valence-electron chi connectivity index (χ1n) is 7.36. The minimum Gasteiger partial charge on any atom is -0.481 e. The summed E-state index contributed by atoms with van der Waals surface area (Å²) in [5.41, 5.74) is -0.501. The van der Waals surface area contributed by atoms with Gasteiger partial charge in [-0.3, -0.25) is 9.59 Å². The van der Waals surface area contributed by atoms with E-state index in [-0.39, 0.29) is 18.2 Å². The number of amides is 1. The summed E-state index contributed by atoms with van der Waals surface area (Å²) in [7, 11) is 0. The predicted octanol–water partition coefficient (Wildman–Crippen LogP) is 1.28. The van der Waals surface area contributed by atoms with Crippen LogP contribution in [0.25, 0.3) is 0 Å². The molecule has 5 nitrogen and oxygen atoms in total. The van der Waals surface area contributed by atoms with Crippen molar-refractivity contribution in [2.24, 2.45) is 5.92 Å². The summed E-state index contributed by atoms with van der Waals surface area (Å²) in [5.74, 6) is -0.777. The molecule has 1 saturated heterocycles. The molecule has 1 aliphatic carbocycles. The van der Waals surface area contributed by atoms with Crippen LogP contribution in [-0.2, 0) is 9.59 Å². The minimum atomic E-state index is -0.816. The van der Waals surface area contributed by atoms with Gasteiger partial charge < -0.3 is 15.7 Å². The molecule has 1 atom stereocenters. The Balaban J connectivity index is 1.98. The molecule has 3 N–H and O–H groups in total. The zero-order valence-corrected chi connectivity index (χ0v) is 11.4. The molecular formula is C14H24N2O3. The van der Waals surface area contributed by atoms with Crippen LogP contribution in [0.2, 0.25) is 0 Å². The van der Waals surface area contributed by atoms with Gasteiger partial charge in [-0.05, 0) is 32.2 Å². The maximum atomic E-state index is 12.3. The number of carbonyl (C=O) groups is 2. The average Bonchev–Trinajstić information content (AvgIpc) is 2.39. The second-order valence-electron chi connectivity index (χ2n) is 5.94. The molecule has 1 aliphatic heterocycles. The zero-order chi connectivity index (χ0) is 13.7. The summed E-state index contributed by atoms with van der Waals surface area (Å²) in [4.78, 5) is 23.4. The Bertz CT molecular complexity index is 332. The molecular weight excluding hydrogens is 244 g/mol.